The van der Waals surface area contributed by atoms with Gasteiger partial charge in [-0.05, 0) is 61.2 Å². The summed E-state index contributed by atoms with van der Waals surface area (Å²) in [5, 5.41) is 5.23. The molecule has 134 valence electrons. The zero-order chi connectivity index (χ0) is 17.8. The Balaban J connectivity index is 1.79. The van der Waals surface area contributed by atoms with Crippen molar-refractivity contribution in [3.63, 3.8) is 0 Å². The van der Waals surface area contributed by atoms with Crippen molar-refractivity contribution < 1.29 is 4.79 Å². The average Bonchev–Trinajstić information content (AvgIpc) is 3.06. The van der Waals surface area contributed by atoms with E-state index in [4.69, 9.17) is 4.98 Å². The van der Waals surface area contributed by atoms with E-state index >= 15 is 0 Å². The van der Waals surface area contributed by atoms with Crippen molar-refractivity contribution in [3.05, 3.63) is 51.5 Å². The van der Waals surface area contributed by atoms with Crippen LogP contribution in [0.2, 0.25) is 0 Å². The molecule has 0 radical (unpaired) electrons. The summed E-state index contributed by atoms with van der Waals surface area (Å²) in [5.41, 5.74) is 3.17. The van der Waals surface area contributed by atoms with Crippen molar-refractivity contribution in [3.8, 4) is 0 Å². The summed E-state index contributed by atoms with van der Waals surface area (Å²) >= 11 is 1.78. The van der Waals surface area contributed by atoms with Gasteiger partial charge in [-0.2, -0.15) is 0 Å². The molecule has 0 spiro atoms. The topological polar surface area (TPSA) is 45.2 Å². The van der Waals surface area contributed by atoms with Crippen molar-refractivity contribution in [2.75, 3.05) is 13.1 Å². The summed E-state index contributed by atoms with van der Waals surface area (Å²) in [7, 11) is 0. The monoisotopic (exact) mass is 357 g/mol. The van der Waals surface area contributed by atoms with Gasteiger partial charge in [-0.1, -0.05) is 19.9 Å². The third-order valence-electron chi connectivity index (χ3n) is 4.65. The zero-order valence-electron chi connectivity index (χ0n) is 15.3. The van der Waals surface area contributed by atoms with Crippen LogP contribution in [0.3, 0.4) is 0 Å². The summed E-state index contributed by atoms with van der Waals surface area (Å²) in [6, 6.07) is 8.14. The number of urea groups is 1. The first-order valence-corrected chi connectivity index (χ1v) is 9.98. The van der Waals surface area contributed by atoms with E-state index in [0.29, 0.717) is 5.92 Å². The minimum atomic E-state index is -0.0833. The first-order valence-electron chi connectivity index (χ1n) is 9.10. The number of nitrogens with zero attached hydrogens (tertiary/aromatic N) is 2. The number of pyridine rings is 1. The predicted octanol–water partition coefficient (Wildman–Crippen LogP) is 4.54. The van der Waals surface area contributed by atoms with Crippen LogP contribution in [0.5, 0.6) is 0 Å². The summed E-state index contributed by atoms with van der Waals surface area (Å²) < 4.78 is 0. The Kier molecular flexibility index (Phi) is 5.74. The lowest BCUT2D eigenvalue weighted by atomic mass is 9.97. The molecular formula is C20H27N3OS. The highest BCUT2D eigenvalue weighted by Gasteiger charge is 2.33. The summed E-state index contributed by atoms with van der Waals surface area (Å²) in [6.45, 7) is 7.90. The second kappa shape index (κ2) is 8.00. The normalized spacial score (nSPS) is 16.8. The first-order chi connectivity index (χ1) is 12.1. The summed E-state index contributed by atoms with van der Waals surface area (Å²) in [4.78, 5) is 20.9. The molecule has 2 aromatic heterocycles. The summed E-state index contributed by atoms with van der Waals surface area (Å²) in [6.07, 6.45) is 3.08. The van der Waals surface area contributed by atoms with Gasteiger partial charge in [0.05, 0.1) is 5.69 Å². The molecule has 2 amide bonds. The molecule has 1 unspecified atom stereocenters. The van der Waals surface area contributed by atoms with E-state index in [1.54, 1.807) is 11.3 Å². The van der Waals surface area contributed by atoms with E-state index in [0.717, 1.165) is 43.7 Å². The molecule has 0 aromatic carbocycles. The third-order valence-corrected chi connectivity index (χ3v) is 5.65. The van der Waals surface area contributed by atoms with E-state index in [9.17, 15) is 4.79 Å². The van der Waals surface area contributed by atoms with E-state index < -0.39 is 0 Å². The second-order valence-corrected chi connectivity index (χ2v) is 8.12. The van der Waals surface area contributed by atoms with Crippen LogP contribution in [-0.2, 0) is 6.42 Å². The van der Waals surface area contributed by atoms with E-state index in [1.807, 2.05) is 30.0 Å². The Bertz CT molecular complexity index is 725. The molecule has 1 N–H and O–H groups in total. The quantitative estimate of drug-likeness (QED) is 0.798. The number of amides is 2. The molecule has 5 heteroatoms. The van der Waals surface area contributed by atoms with Crippen LogP contribution in [0.15, 0.2) is 29.6 Å². The van der Waals surface area contributed by atoms with E-state index in [1.165, 1.54) is 10.4 Å². The molecule has 0 saturated carbocycles. The Hall–Kier alpha value is -1.88. The minimum absolute atomic E-state index is 0.0221. The largest absolute Gasteiger partial charge is 0.338 e. The van der Waals surface area contributed by atoms with Crippen LogP contribution in [0.1, 0.15) is 54.6 Å². The average molecular weight is 358 g/mol. The Morgan fingerprint density at radius 2 is 2.24 bits per heavy atom. The van der Waals surface area contributed by atoms with Gasteiger partial charge in [-0.3, -0.25) is 4.98 Å². The lowest BCUT2D eigenvalue weighted by Crippen LogP contribution is -2.46. The maximum Gasteiger partial charge on any atom is 0.318 e. The molecule has 2 aromatic rings. The number of hydrogen-bond donors (Lipinski definition) is 1. The smallest absolute Gasteiger partial charge is 0.318 e. The van der Waals surface area contributed by atoms with Gasteiger partial charge < -0.3 is 10.2 Å². The molecule has 1 atom stereocenters. The van der Waals surface area contributed by atoms with Crippen molar-refractivity contribution in [1.82, 2.24) is 15.2 Å². The van der Waals surface area contributed by atoms with Gasteiger partial charge in [0, 0.05) is 23.7 Å². The number of thiophene rings is 1. The fourth-order valence-corrected chi connectivity index (χ4v) is 4.28. The fourth-order valence-electron chi connectivity index (χ4n) is 3.38. The van der Waals surface area contributed by atoms with Gasteiger partial charge in [0.25, 0.3) is 0 Å². The molecule has 4 nitrogen and oxygen atoms in total. The highest BCUT2D eigenvalue weighted by molar-refractivity contribution is 7.10. The Morgan fingerprint density at radius 1 is 1.40 bits per heavy atom. The lowest BCUT2D eigenvalue weighted by Gasteiger charge is -2.35. The highest BCUT2D eigenvalue weighted by Crippen LogP contribution is 2.37. The number of carbonyl (C=O) groups is 1. The fraction of sp³-hybridized carbons (Fsp3) is 0.500. The molecule has 0 saturated heterocycles. The van der Waals surface area contributed by atoms with Gasteiger partial charge in [0.2, 0.25) is 0 Å². The molecule has 3 rings (SSSR count). The molecule has 25 heavy (non-hydrogen) atoms. The Morgan fingerprint density at radius 3 is 3.00 bits per heavy atom. The standard InChI is InChI=1S/C20H27N3OS/c1-14(2)6-5-11-21-20(24)23-12-9-18-16(10-13-25-18)19(23)17-8-4-7-15(3)22-17/h4,7-8,10,13-14,19H,5-6,9,11-12H2,1-3H3,(H,21,24). The van der Waals surface area contributed by atoms with Crippen LogP contribution in [0.25, 0.3) is 0 Å². The number of aromatic nitrogens is 1. The molecule has 1 aliphatic rings. The second-order valence-electron chi connectivity index (χ2n) is 7.12. The van der Waals surface area contributed by atoms with Crippen LogP contribution in [0.4, 0.5) is 4.79 Å². The number of rotatable bonds is 5. The number of hydrogen-bond acceptors (Lipinski definition) is 3. The van der Waals surface area contributed by atoms with Crippen LogP contribution >= 0.6 is 11.3 Å². The molecule has 0 fully saturated rings. The van der Waals surface area contributed by atoms with Gasteiger partial charge >= 0.3 is 6.03 Å². The molecule has 3 heterocycles. The third kappa shape index (κ3) is 4.21. The number of nitrogens with one attached hydrogen (secondary N) is 1. The molecule has 1 aliphatic heterocycles. The van der Waals surface area contributed by atoms with Crippen LogP contribution in [-0.4, -0.2) is 29.0 Å². The zero-order valence-corrected chi connectivity index (χ0v) is 16.1. The minimum Gasteiger partial charge on any atom is -0.338 e. The highest BCUT2D eigenvalue weighted by atomic mass is 32.1. The maximum absolute atomic E-state index is 12.8. The maximum atomic E-state index is 12.8. The van der Waals surface area contributed by atoms with Gasteiger partial charge in [-0.15, -0.1) is 11.3 Å². The molecule has 0 aliphatic carbocycles. The van der Waals surface area contributed by atoms with Gasteiger partial charge in [-0.25, -0.2) is 4.79 Å². The van der Waals surface area contributed by atoms with Crippen LogP contribution in [0, 0.1) is 12.8 Å². The van der Waals surface area contributed by atoms with Crippen molar-refractivity contribution >= 4 is 17.4 Å². The predicted molar refractivity (Wildman–Crippen MR) is 103 cm³/mol. The van der Waals surface area contributed by atoms with Crippen LogP contribution < -0.4 is 5.32 Å². The van der Waals surface area contributed by atoms with Crippen molar-refractivity contribution in [2.45, 2.75) is 46.1 Å². The van der Waals surface area contributed by atoms with Crippen molar-refractivity contribution in [2.24, 2.45) is 5.92 Å². The molecular weight excluding hydrogens is 330 g/mol. The van der Waals surface area contributed by atoms with Gasteiger partial charge in [0.1, 0.15) is 6.04 Å². The van der Waals surface area contributed by atoms with Gasteiger partial charge in [0.15, 0.2) is 0 Å². The summed E-state index contributed by atoms with van der Waals surface area (Å²) in [5.74, 6) is 0.671. The number of fused-ring (bicyclic) bond motifs is 1. The number of aryl methyl sites for hydroxylation is 1. The van der Waals surface area contributed by atoms with E-state index in [-0.39, 0.29) is 12.1 Å². The van der Waals surface area contributed by atoms with E-state index in [2.05, 4.69) is 30.6 Å². The van der Waals surface area contributed by atoms with Crippen molar-refractivity contribution in [1.29, 1.82) is 0 Å². The number of carbonyl (C=O) groups excluding carboxylic acids is 1. The lowest BCUT2D eigenvalue weighted by molar-refractivity contribution is 0.179. The Labute approximate surface area is 154 Å². The SMILES string of the molecule is Cc1cccc(C2c3ccsc3CCN2C(=O)NCCCC(C)C)n1. The first kappa shape index (κ1) is 17.9. The molecule has 0 bridgehead atoms.